The van der Waals surface area contributed by atoms with Crippen molar-refractivity contribution in [1.82, 2.24) is 0 Å². The van der Waals surface area contributed by atoms with E-state index in [4.69, 9.17) is 0 Å². The summed E-state index contributed by atoms with van der Waals surface area (Å²) < 4.78 is 4.50. The van der Waals surface area contributed by atoms with Gasteiger partial charge in [-0.05, 0) is 0 Å². The Morgan fingerprint density at radius 3 is 1.50 bits per heavy atom. The van der Waals surface area contributed by atoms with Crippen molar-refractivity contribution in [3.8, 4) is 0 Å². The standard InChI is InChI=1S/C2H4O.H2S/c1-2-3-1;/h1-2H2;1H2. The molecule has 2 heteroatoms. The van der Waals surface area contributed by atoms with Gasteiger partial charge < -0.3 is 4.74 Å². The summed E-state index contributed by atoms with van der Waals surface area (Å²) >= 11 is 0. The SMILES string of the molecule is C1CO1.S. The smallest absolute Gasteiger partial charge is 0.0701 e. The molecule has 0 bridgehead atoms. The van der Waals surface area contributed by atoms with Crippen LogP contribution in [0.4, 0.5) is 0 Å². The largest absolute Gasteiger partial charge is 0.377 e. The molecule has 1 aliphatic rings. The molecule has 0 spiro atoms. The summed E-state index contributed by atoms with van der Waals surface area (Å²) in [5.74, 6) is 0. The predicted molar refractivity (Wildman–Crippen MR) is 21.2 cm³/mol. The van der Waals surface area contributed by atoms with Gasteiger partial charge >= 0.3 is 0 Å². The molecule has 0 aromatic carbocycles. The molecule has 1 heterocycles. The van der Waals surface area contributed by atoms with Gasteiger partial charge in [-0.2, -0.15) is 13.5 Å². The molecule has 0 N–H and O–H groups in total. The van der Waals surface area contributed by atoms with Crippen LogP contribution in [0.5, 0.6) is 0 Å². The molecular weight excluding hydrogens is 72.1 g/mol. The first-order valence-corrected chi connectivity index (χ1v) is 1.08. The van der Waals surface area contributed by atoms with E-state index < -0.39 is 0 Å². The van der Waals surface area contributed by atoms with Crippen LogP contribution in [0.25, 0.3) is 0 Å². The summed E-state index contributed by atoms with van der Waals surface area (Å²) in [7, 11) is 0. The molecule has 1 nitrogen and oxygen atoms in total. The van der Waals surface area contributed by atoms with Gasteiger partial charge in [0.1, 0.15) is 0 Å². The van der Waals surface area contributed by atoms with Crippen molar-refractivity contribution >= 4 is 13.5 Å². The van der Waals surface area contributed by atoms with Crippen molar-refractivity contribution in [3.05, 3.63) is 0 Å². The van der Waals surface area contributed by atoms with Crippen LogP contribution in [-0.4, -0.2) is 13.2 Å². The first-order valence-electron chi connectivity index (χ1n) is 1.08. The molecule has 1 rings (SSSR count). The van der Waals surface area contributed by atoms with E-state index >= 15 is 0 Å². The zero-order valence-corrected chi connectivity index (χ0v) is 3.32. The van der Waals surface area contributed by atoms with Gasteiger partial charge in [0.25, 0.3) is 0 Å². The molecule has 0 unspecified atom stereocenters. The van der Waals surface area contributed by atoms with Crippen molar-refractivity contribution in [3.63, 3.8) is 0 Å². The van der Waals surface area contributed by atoms with E-state index in [0.717, 1.165) is 13.2 Å². The molecule has 0 aromatic rings. The van der Waals surface area contributed by atoms with E-state index in [1.165, 1.54) is 0 Å². The zero-order chi connectivity index (χ0) is 2.12. The van der Waals surface area contributed by atoms with Crippen molar-refractivity contribution in [2.45, 2.75) is 0 Å². The molecule has 1 aliphatic heterocycles. The third-order valence-electron chi connectivity index (χ3n) is 0.204. The van der Waals surface area contributed by atoms with Crippen LogP contribution in [0.2, 0.25) is 0 Å². The van der Waals surface area contributed by atoms with E-state index in [1.807, 2.05) is 0 Å². The minimum atomic E-state index is 0. The summed E-state index contributed by atoms with van der Waals surface area (Å²) in [6, 6.07) is 0. The van der Waals surface area contributed by atoms with Gasteiger partial charge in [-0.15, -0.1) is 0 Å². The number of rotatable bonds is 0. The summed E-state index contributed by atoms with van der Waals surface area (Å²) in [6.07, 6.45) is 0. The third-order valence-corrected chi connectivity index (χ3v) is 0.204. The maximum Gasteiger partial charge on any atom is 0.0701 e. The molecule has 0 radical (unpaired) electrons. The molecule has 0 atom stereocenters. The molecule has 0 aromatic heterocycles. The second kappa shape index (κ2) is 1.61. The van der Waals surface area contributed by atoms with E-state index in [0.29, 0.717) is 0 Å². The first-order chi connectivity index (χ1) is 1.50. The predicted octanol–water partition coefficient (Wildman–Crippen LogP) is 0.129. The molecule has 1 saturated heterocycles. The van der Waals surface area contributed by atoms with Gasteiger partial charge in [0.15, 0.2) is 0 Å². The normalized spacial score (nSPS) is 18.0. The Bertz CT molecular complexity index is 10.8. The van der Waals surface area contributed by atoms with Crippen LogP contribution >= 0.6 is 13.5 Å². The highest BCUT2D eigenvalue weighted by atomic mass is 32.1. The molecule has 4 heavy (non-hydrogen) atoms. The Balaban J connectivity index is 0.0000000900. The molecule has 26 valence electrons. The van der Waals surface area contributed by atoms with Crippen molar-refractivity contribution < 1.29 is 4.74 Å². The molecule has 1 fully saturated rings. The van der Waals surface area contributed by atoms with Crippen LogP contribution in [0, 0.1) is 0 Å². The molecule has 0 saturated carbocycles. The zero-order valence-electron chi connectivity index (χ0n) is 2.32. The van der Waals surface area contributed by atoms with Crippen LogP contribution in [0.15, 0.2) is 0 Å². The Hall–Kier alpha value is 0.310. The van der Waals surface area contributed by atoms with Gasteiger partial charge in [0, 0.05) is 0 Å². The summed E-state index contributed by atoms with van der Waals surface area (Å²) in [4.78, 5) is 0. The highest BCUT2D eigenvalue weighted by molar-refractivity contribution is 7.59. The van der Waals surface area contributed by atoms with Gasteiger partial charge in [0.05, 0.1) is 13.2 Å². The Morgan fingerprint density at radius 2 is 1.50 bits per heavy atom. The third kappa shape index (κ3) is 2.31. The monoisotopic (exact) mass is 78.0 g/mol. The lowest BCUT2D eigenvalue weighted by Gasteiger charge is -1.24. The van der Waals surface area contributed by atoms with Crippen LogP contribution in [-0.2, 0) is 4.74 Å². The average molecular weight is 78.1 g/mol. The quantitative estimate of drug-likeness (QED) is 0.375. The maximum absolute atomic E-state index is 4.50. The van der Waals surface area contributed by atoms with Crippen LogP contribution < -0.4 is 0 Å². The van der Waals surface area contributed by atoms with Crippen molar-refractivity contribution in [2.24, 2.45) is 0 Å². The van der Waals surface area contributed by atoms with Gasteiger partial charge in [-0.25, -0.2) is 0 Å². The van der Waals surface area contributed by atoms with E-state index in [9.17, 15) is 0 Å². The Kier molecular flexibility index (Phi) is 1.74. The Labute approximate surface area is 32.4 Å². The second-order valence-corrected chi connectivity index (χ2v) is 0.612. The maximum atomic E-state index is 4.50. The fourth-order valence-corrected chi connectivity index (χ4v) is 0. The number of hydrogen-bond donors (Lipinski definition) is 0. The van der Waals surface area contributed by atoms with Crippen LogP contribution in [0.3, 0.4) is 0 Å². The summed E-state index contributed by atoms with van der Waals surface area (Å²) in [6.45, 7) is 2.00. The van der Waals surface area contributed by atoms with E-state index in [2.05, 4.69) is 4.74 Å². The molecule has 0 amide bonds. The lowest BCUT2D eigenvalue weighted by atomic mass is 11.0. The van der Waals surface area contributed by atoms with Crippen molar-refractivity contribution in [1.29, 1.82) is 0 Å². The summed E-state index contributed by atoms with van der Waals surface area (Å²) in [5.41, 5.74) is 0. The highest BCUT2D eigenvalue weighted by Crippen LogP contribution is 1.84. The minimum Gasteiger partial charge on any atom is -0.377 e. The van der Waals surface area contributed by atoms with Crippen molar-refractivity contribution in [2.75, 3.05) is 13.2 Å². The topological polar surface area (TPSA) is 12.5 Å². The number of hydrogen-bond acceptors (Lipinski definition) is 1. The first kappa shape index (κ1) is 4.31. The summed E-state index contributed by atoms with van der Waals surface area (Å²) in [5, 5.41) is 0. The van der Waals surface area contributed by atoms with Crippen LogP contribution in [0.1, 0.15) is 0 Å². The lowest BCUT2D eigenvalue weighted by molar-refractivity contribution is 0.475. The number of epoxide rings is 1. The number of ether oxygens (including phenoxy) is 1. The fourth-order valence-electron chi connectivity index (χ4n) is 0. The van der Waals surface area contributed by atoms with Gasteiger partial charge in [-0.1, -0.05) is 0 Å². The van der Waals surface area contributed by atoms with Gasteiger partial charge in [0.2, 0.25) is 0 Å². The minimum absolute atomic E-state index is 0. The highest BCUT2D eigenvalue weighted by Gasteiger charge is 1.94. The average Bonchev–Trinajstić information content (AvgIpc) is 1.46. The van der Waals surface area contributed by atoms with E-state index in [-0.39, 0.29) is 13.5 Å². The van der Waals surface area contributed by atoms with E-state index in [1.54, 1.807) is 0 Å². The Morgan fingerprint density at radius 1 is 1.25 bits per heavy atom. The molecule has 0 aliphatic carbocycles. The lowest BCUT2D eigenvalue weighted by Crippen LogP contribution is -1.20. The van der Waals surface area contributed by atoms with Gasteiger partial charge in [-0.3, -0.25) is 0 Å². The molecular formula is C2H6OS. The second-order valence-electron chi connectivity index (χ2n) is 0.612. The fraction of sp³-hybridized carbons (Fsp3) is 1.00.